The third-order valence-corrected chi connectivity index (χ3v) is 3.68. The van der Waals surface area contributed by atoms with E-state index in [4.69, 9.17) is 21.1 Å². The number of hydrogen-bond acceptors (Lipinski definition) is 5. The molecule has 0 aromatic heterocycles. The molecular formula is C16H21ClN2O5. The lowest BCUT2D eigenvalue weighted by Gasteiger charge is -2.34. The summed E-state index contributed by atoms with van der Waals surface area (Å²) in [7, 11) is 0. The summed E-state index contributed by atoms with van der Waals surface area (Å²) < 4.78 is 11.1. The van der Waals surface area contributed by atoms with Crippen molar-refractivity contribution in [2.24, 2.45) is 0 Å². The summed E-state index contributed by atoms with van der Waals surface area (Å²) in [5.74, 6) is 0.114. The van der Waals surface area contributed by atoms with Crippen LogP contribution in [0, 0.1) is 10.1 Å². The van der Waals surface area contributed by atoms with Crippen molar-refractivity contribution in [3.8, 4) is 5.75 Å². The third-order valence-electron chi connectivity index (χ3n) is 3.44. The van der Waals surface area contributed by atoms with Gasteiger partial charge in [-0.05, 0) is 39.7 Å². The predicted octanol–water partition coefficient (Wildman–Crippen LogP) is 4.03. The molecule has 1 aromatic carbocycles. The Morgan fingerprint density at radius 3 is 2.75 bits per heavy atom. The number of hydrogen-bond donors (Lipinski definition) is 0. The molecule has 1 atom stereocenters. The number of benzene rings is 1. The maximum Gasteiger partial charge on any atom is 0.410 e. The van der Waals surface area contributed by atoms with Crippen molar-refractivity contribution >= 4 is 23.4 Å². The molecule has 0 unspecified atom stereocenters. The predicted molar refractivity (Wildman–Crippen MR) is 89.6 cm³/mol. The van der Waals surface area contributed by atoms with Gasteiger partial charge < -0.3 is 14.4 Å². The highest BCUT2D eigenvalue weighted by Gasteiger charge is 2.30. The van der Waals surface area contributed by atoms with E-state index in [1.165, 1.54) is 18.2 Å². The number of carbonyl (C=O) groups is 1. The molecule has 1 aliphatic heterocycles. The van der Waals surface area contributed by atoms with Gasteiger partial charge in [0.1, 0.15) is 11.7 Å². The van der Waals surface area contributed by atoms with Gasteiger partial charge in [0.2, 0.25) is 0 Å². The molecule has 1 aliphatic rings. The second kappa shape index (κ2) is 7.25. The molecule has 1 heterocycles. The lowest BCUT2D eigenvalue weighted by atomic mass is 10.1. The molecule has 0 N–H and O–H groups in total. The molecular weight excluding hydrogens is 336 g/mol. The van der Waals surface area contributed by atoms with Crippen LogP contribution < -0.4 is 4.74 Å². The number of nitrogens with zero attached hydrogens (tertiary/aromatic N) is 2. The normalized spacial score (nSPS) is 18.2. The van der Waals surface area contributed by atoms with E-state index in [-0.39, 0.29) is 17.5 Å². The summed E-state index contributed by atoms with van der Waals surface area (Å²) in [6.45, 7) is 6.31. The first-order valence-corrected chi connectivity index (χ1v) is 8.12. The van der Waals surface area contributed by atoms with E-state index < -0.39 is 16.6 Å². The van der Waals surface area contributed by atoms with Gasteiger partial charge >= 0.3 is 11.8 Å². The number of carbonyl (C=O) groups excluding carboxylic acids is 1. The zero-order chi connectivity index (χ0) is 17.9. The first-order valence-electron chi connectivity index (χ1n) is 7.74. The minimum Gasteiger partial charge on any atom is -0.482 e. The fourth-order valence-electron chi connectivity index (χ4n) is 2.44. The van der Waals surface area contributed by atoms with Crippen molar-refractivity contribution in [2.75, 3.05) is 13.1 Å². The molecule has 7 nitrogen and oxygen atoms in total. The summed E-state index contributed by atoms with van der Waals surface area (Å²) in [6.07, 6.45) is 0.682. The molecule has 2 rings (SSSR count). The van der Waals surface area contributed by atoms with Crippen LogP contribution in [0.15, 0.2) is 18.2 Å². The SMILES string of the molecule is CC(C)(C)OC(=O)N1CCC[C@H](Oc2cc(Cl)ccc2[N+](=O)[O-])C1. The van der Waals surface area contributed by atoms with E-state index in [1.54, 1.807) is 25.7 Å². The van der Waals surface area contributed by atoms with Crippen molar-refractivity contribution in [3.05, 3.63) is 33.3 Å². The smallest absolute Gasteiger partial charge is 0.410 e. The first kappa shape index (κ1) is 18.3. The van der Waals surface area contributed by atoms with Crippen LogP contribution in [0.25, 0.3) is 0 Å². The molecule has 1 saturated heterocycles. The zero-order valence-corrected chi connectivity index (χ0v) is 14.7. The Morgan fingerprint density at radius 2 is 2.12 bits per heavy atom. The van der Waals surface area contributed by atoms with Crippen LogP contribution in [0.3, 0.4) is 0 Å². The average Bonchev–Trinajstić information content (AvgIpc) is 2.45. The fraction of sp³-hybridized carbons (Fsp3) is 0.562. The number of likely N-dealkylation sites (tertiary alicyclic amines) is 1. The third kappa shape index (κ3) is 4.99. The van der Waals surface area contributed by atoms with E-state index in [1.807, 2.05) is 0 Å². The van der Waals surface area contributed by atoms with Crippen molar-refractivity contribution in [1.29, 1.82) is 0 Å². The van der Waals surface area contributed by atoms with Crippen molar-refractivity contribution < 1.29 is 19.2 Å². The Balaban J connectivity index is 2.07. The van der Waals surface area contributed by atoms with E-state index in [2.05, 4.69) is 0 Å². The Bertz CT molecular complexity index is 629. The Hall–Kier alpha value is -2.02. The molecule has 0 aliphatic carbocycles. The lowest BCUT2D eigenvalue weighted by Crippen LogP contribution is -2.46. The molecule has 1 aromatic rings. The minimum absolute atomic E-state index is 0.114. The summed E-state index contributed by atoms with van der Waals surface area (Å²) in [6, 6.07) is 4.18. The van der Waals surface area contributed by atoms with Crippen molar-refractivity contribution in [1.82, 2.24) is 4.90 Å². The van der Waals surface area contributed by atoms with Gasteiger partial charge in [-0.2, -0.15) is 0 Å². The van der Waals surface area contributed by atoms with Crippen LogP contribution >= 0.6 is 11.6 Å². The van der Waals surface area contributed by atoms with Crippen LogP contribution in [0.4, 0.5) is 10.5 Å². The van der Waals surface area contributed by atoms with Gasteiger partial charge in [-0.15, -0.1) is 0 Å². The van der Waals surface area contributed by atoms with Gasteiger partial charge in [-0.25, -0.2) is 4.79 Å². The molecule has 8 heteroatoms. The van der Waals surface area contributed by atoms with E-state index in [0.29, 0.717) is 24.5 Å². The topological polar surface area (TPSA) is 81.9 Å². The van der Waals surface area contributed by atoms with Crippen LogP contribution in [-0.2, 0) is 4.74 Å². The van der Waals surface area contributed by atoms with E-state index in [9.17, 15) is 14.9 Å². The maximum atomic E-state index is 12.2. The Kier molecular flexibility index (Phi) is 5.54. The highest BCUT2D eigenvalue weighted by molar-refractivity contribution is 6.30. The molecule has 132 valence electrons. The Labute approximate surface area is 145 Å². The number of halogens is 1. The molecule has 24 heavy (non-hydrogen) atoms. The van der Waals surface area contributed by atoms with Crippen molar-refractivity contribution in [2.45, 2.75) is 45.3 Å². The number of ether oxygens (including phenoxy) is 2. The van der Waals surface area contributed by atoms with Gasteiger partial charge in [-0.3, -0.25) is 10.1 Å². The summed E-state index contributed by atoms with van der Waals surface area (Å²) in [4.78, 5) is 24.3. The molecule has 0 radical (unpaired) electrons. The molecule has 0 spiro atoms. The van der Waals surface area contributed by atoms with Gasteiger partial charge in [0.25, 0.3) is 0 Å². The fourth-order valence-corrected chi connectivity index (χ4v) is 2.60. The maximum absolute atomic E-state index is 12.2. The molecule has 0 saturated carbocycles. The number of piperidine rings is 1. The minimum atomic E-state index is -0.573. The van der Waals surface area contributed by atoms with Gasteiger partial charge in [-0.1, -0.05) is 11.6 Å². The number of rotatable bonds is 3. The van der Waals surface area contributed by atoms with Crippen LogP contribution in [0.5, 0.6) is 5.75 Å². The van der Waals surface area contributed by atoms with Gasteiger partial charge in [0.15, 0.2) is 5.75 Å². The summed E-state index contributed by atoms with van der Waals surface area (Å²) >= 11 is 5.90. The van der Waals surface area contributed by atoms with Crippen LogP contribution in [-0.4, -0.2) is 40.7 Å². The average molecular weight is 357 g/mol. The van der Waals surface area contributed by atoms with E-state index in [0.717, 1.165) is 6.42 Å². The quantitative estimate of drug-likeness (QED) is 0.603. The van der Waals surface area contributed by atoms with Crippen molar-refractivity contribution in [3.63, 3.8) is 0 Å². The van der Waals surface area contributed by atoms with Crippen LogP contribution in [0.1, 0.15) is 33.6 Å². The standard InChI is InChI=1S/C16H21ClN2O5/c1-16(2,3)24-15(20)18-8-4-5-12(10-18)23-14-9-11(17)6-7-13(14)19(21)22/h6-7,9,12H,4-5,8,10H2,1-3H3/t12-/m0/s1. The number of amides is 1. The monoisotopic (exact) mass is 356 g/mol. The Morgan fingerprint density at radius 1 is 1.42 bits per heavy atom. The van der Waals surface area contributed by atoms with E-state index >= 15 is 0 Å². The second-order valence-corrected chi connectivity index (χ2v) is 7.11. The highest BCUT2D eigenvalue weighted by atomic mass is 35.5. The summed E-state index contributed by atoms with van der Waals surface area (Å²) in [5.41, 5.74) is -0.717. The molecule has 1 amide bonds. The lowest BCUT2D eigenvalue weighted by molar-refractivity contribution is -0.386. The highest BCUT2D eigenvalue weighted by Crippen LogP contribution is 2.32. The molecule has 0 bridgehead atoms. The van der Waals surface area contributed by atoms with Gasteiger partial charge in [0.05, 0.1) is 11.5 Å². The second-order valence-electron chi connectivity index (χ2n) is 6.68. The largest absolute Gasteiger partial charge is 0.482 e. The number of nitro benzene ring substituents is 1. The van der Waals surface area contributed by atoms with Crippen LogP contribution in [0.2, 0.25) is 5.02 Å². The number of nitro groups is 1. The summed E-state index contributed by atoms with van der Waals surface area (Å²) in [5, 5.41) is 11.5. The van der Waals surface area contributed by atoms with Gasteiger partial charge in [0, 0.05) is 23.7 Å². The zero-order valence-electron chi connectivity index (χ0n) is 14.0. The first-order chi connectivity index (χ1) is 11.2. The molecule has 1 fully saturated rings.